The van der Waals surface area contributed by atoms with Crippen LogP contribution in [0.25, 0.3) is 0 Å². The minimum Gasteiger partial charge on any atom is -0.325 e. The molecule has 2 N–H and O–H groups in total. The Morgan fingerprint density at radius 1 is 1.36 bits per heavy atom. The topological polar surface area (TPSA) is 57.3 Å². The first kappa shape index (κ1) is 17.9. The standard InChI is InChI=1S/C19H24N4OS/c1-25-18-7-3-2-6-16(18)22-19(24)8-11-23-12-10-21-14-17(23)15-5-4-9-20-13-15/h2-7,9,13,17,21H,8,10-12,14H2,1H3,(H,22,24). The van der Waals surface area contributed by atoms with Crippen LogP contribution in [0.3, 0.4) is 0 Å². The number of piperazine rings is 1. The number of carbonyl (C=O) groups is 1. The number of carbonyl (C=O) groups excluding carboxylic acids is 1. The van der Waals surface area contributed by atoms with Crippen molar-refractivity contribution in [1.82, 2.24) is 15.2 Å². The van der Waals surface area contributed by atoms with E-state index in [2.05, 4.69) is 26.6 Å². The molecule has 0 aliphatic carbocycles. The van der Waals surface area contributed by atoms with Crippen LogP contribution in [-0.4, -0.2) is 48.2 Å². The van der Waals surface area contributed by atoms with Gasteiger partial charge in [0.15, 0.2) is 0 Å². The fourth-order valence-corrected chi connectivity index (χ4v) is 3.68. The van der Waals surface area contributed by atoms with Crippen LogP contribution >= 0.6 is 11.8 Å². The van der Waals surface area contributed by atoms with E-state index < -0.39 is 0 Å². The maximum absolute atomic E-state index is 12.4. The van der Waals surface area contributed by atoms with Gasteiger partial charge in [-0.05, 0) is 30.0 Å². The molecule has 1 aliphatic heterocycles. The summed E-state index contributed by atoms with van der Waals surface area (Å²) in [5.41, 5.74) is 2.09. The van der Waals surface area contributed by atoms with Crippen LogP contribution in [0.1, 0.15) is 18.0 Å². The molecular formula is C19H24N4OS. The molecule has 1 amide bonds. The molecule has 0 saturated carbocycles. The van der Waals surface area contributed by atoms with E-state index in [0.29, 0.717) is 6.42 Å². The third kappa shape index (κ3) is 4.81. The third-order valence-electron chi connectivity index (χ3n) is 4.43. The first-order valence-electron chi connectivity index (χ1n) is 8.55. The molecule has 2 aromatic rings. The van der Waals surface area contributed by atoms with Gasteiger partial charge in [-0.2, -0.15) is 0 Å². The maximum Gasteiger partial charge on any atom is 0.225 e. The number of benzene rings is 1. The fourth-order valence-electron chi connectivity index (χ4n) is 3.12. The van der Waals surface area contributed by atoms with E-state index >= 15 is 0 Å². The highest BCUT2D eigenvalue weighted by atomic mass is 32.2. The Hall–Kier alpha value is -1.89. The molecule has 25 heavy (non-hydrogen) atoms. The zero-order valence-electron chi connectivity index (χ0n) is 14.4. The molecule has 2 heterocycles. The van der Waals surface area contributed by atoms with Crippen LogP contribution in [0, 0.1) is 0 Å². The van der Waals surface area contributed by atoms with Crippen molar-refractivity contribution in [2.45, 2.75) is 17.4 Å². The number of nitrogens with one attached hydrogen (secondary N) is 2. The summed E-state index contributed by atoms with van der Waals surface area (Å²) in [6.07, 6.45) is 6.21. The van der Waals surface area contributed by atoms with Gasteiger partial charge in [0.25, 0.3) is 0 Å². The van der Waals surface area contributed by atoms with Gasteiger partial charge < -0.3 is 10.6 Å². The van der Waals surface area contributed by atoms with Crippen LogP contribution in [0.15, 0.2) is 53.7 Å². The number of pyridine rings is 1. The molecule has 1 aromatic carbocycles. The predicted molar refractivity (Wildman–Crippen MR) is 103 cm³/mol. The van der Waals surface area contributed by atoms with Crippen molar-refractivity contribution in [2.75, 3.05) is 37.8 Å². The fraction of sp³-hybridized carbons (Fsp3) is 0.368. The Bertz CT molecular complexity index is 695. The summed E-state index contributed by atoms with van der Waals surface area (Å²) < 4.78 is 0. The van der Waals surface area contributed by atoms with Crippen molar-refractivity contribution in [3.8, 4) is 0 Å². The van der Waals surface area contributed by atoms with Gasteiger partial charge >= 0.3 is 0 Å². The predicted octanol–water partition coefficient (Wildman–Crippen LogP) is 2.78. The molecule has 6 heteroatoms. The van der Waals surface area contributed by atoms with Crippen molar-refractivity contribution < 1.29 is 4.79 Å². The van der Waals surface area contributed by atoms with E-state index in [4.69, 9.17) is 0 Å². The van der Waals surface area contributed by atoms with Gasteiger partial charge in [-0.3, -0.25) is 14.7 Å². The summed E-state index contributed by atoms with van der Waals surface area (Å²) >= 11 is 1.64. The molecule has 1 saturated heterocycles. The Morgan fingerprint density at radius 3 is 3.04 bits per heavy atom. The van der Waals surface area contributed by atoms with Crippen LogP contribution in [0.5, 0.6) is 0 Å². The van der Waals surface area contributed by atoms with Gasteiger partial charge in [-0.15, -0.1) is 11.8 Å². The van der Waals surface area contributed by atoms with E-state index in [1.54, 1.807) is 18.0 Å². The smallest absolute Gasteiger partial charge is 0.225 e. The van der Waals surface area contributed by atoms with E-state index in [9.17, 15) is 4.79 Å². The number of rotatable bonds is 6. The summed E-state index contributed by atoms with van der Waals surface area (Å²) in [7, 11) is 0. The first-order valence-corrected chi connectivity index (χ1v) is 9.78. The monoisotopic (exact) mass is 356 g/mol. The summed E-state index contributed by atoms with van der Waals surface area (Å²) in [6.45, 7) is 3.53. The summed E-state index contributed by atoms with van der Waals surface area (Å²) in [6, 6.07) is 12.3. The highest BCUT2D eigenvalue weighted by Gasteiger charge is 2.24. The maximum atomic E-state index is 12.4. The van der Waals surface area contributed by atoms with E-state index in [1.807, 2.05) is 42.8 Å². The Morgan fingerprint density at radius 2 is 2.24 bits per heavy atom. The second kappa shape index (κ2) is 8.99. The molecule has 1 fully saturated rings. The molecule has 1 unspecified atom stereocenters. The molecular weight excluding hydrogens is 332 g/mol. The number of anilines is 1. The lowest BCUT2D eigenvalue weighted by atomic mass is 10.1. The molecule has 5 nitrogen and oxygen atoms in total. The van der Waals surface area contributed by atoms with Gasteiger partial charge in [0.2, 0.25) is 5.91 Å². The number of thioether (sulfide) groups is 1. The van der Waals surface area contributed by atoms with Crippen molar-refractivity contribution in [1.29, 1.82) is 0 Å². The van der Waals surface area contributed by atoms with Gasteiger partial charge in [0, 0.05) is 55.9 Å². The Balaban J connectivity index is 1.58. The largest absolute Gasteiger partial charge is 0.325 e. The number of aromatic nitrogens is 1. The molecule has 1 aromatic heterocycles. The van der Waals surface area contributed by atoms with Gasteiger partial charge in [-0.25, -0.2) is 0 Å². The molecule has 0 spiro atoms. The number of para-hydroxylation sites is 1. The second-order valence-corrected chi connectivity index (χ2v) is 6.89. The quantitative estimate of drug-likeness (QED) is 0.780. The van der Waals surface area contributed by atoms with Gasteiger partial charge in [0.05, 0.1) is 5.69 Å². The minimum absolute atomic E-state index is 0.0602. The van der Waals surface area contributed by atoms with E-state index in [1.165, 1.54) is 5.56 Å². The van der Waals surface area contributed by atoms with Crippen LogP contribution in [0.4, 0.5) is 5.69 Å². The summed E-state index contributed by atoms with van der Waals surface area (Å²) in [4.78, 5) is 20.1. The zero-order chi connectivity index (χ0) is 17.5. The van der Waals surface area contributed by atoms with Crippen molar-refractivity contribution in [3.63, 3.8) is 0 Å². The molecule has 0 bridgehead atoms. The van der Waals surface area contributed by atoms with Gasteiger partial charge in [0.1, 0.15) is 0 Å². The van der Waals surface area contributed by atoms with Crippen LogP contribution < -0.4 is 10.6 Å². The third-order valence-corrected chi connectivity index (χ3v) is 5.23. The average molecular weight is 356 g/mol. The molecule has 132 valence electrons. The lowest BCUT2D eigenvalue weighted by Gasteiger charge is -2.36. The lowest BCUT2D eigenvalue weighted by molar-refractivity contribution is -0.116. The second-order valence-electron chi connectivity index (χ2n) is 6.04. The zero-order valence-corrected chi connectivity index (χ0v) is 15.3. The highest BCUT2D eigenvalue weighted by Crippen LogP contribution is 2.25. The number of amides is 1. The molecule has 0 radical (unpaired) electrons. The average Bonchev–Trinajstić information content (AvgIpc) is 2.68. The van der Waals surface area contributed by atoms with E-state index in [0.717, 1.165) is 36.8 Å². The van der Waals surface area contributed by atoms with Gasteiger partial charge in [-0.1, -0.05) is 18.2 Å². The molecule has 1 atom stereocenters. The van der Waals surface area contributed by atoms with Crippen molar-refractivity contribution >= 4 is 23.4 Å². The highest BCUT2D eigenvalue weighted by molar-refractivity contribution is 7.98. The Kier molecular flexibility index (Phi) is 6.44. The van der Waals surface area contributed by atoms with Crippen LogP contribution in [0.2, 0.25) is 0 Å². The molecule has 1 aliphatic rings. The Labute approximate surface area is 153 Å². The van der Waals surface area contributed by atoms with Crippen molar-refractivity contribution in [3.05, 3.63) is 54.4 Å². The van der Waals surface area contributed by atoms with E-state index in [-0.39, 0.29) is 11.9 Å². The van der Waals surface area contributed by atoms with Crippen molar-refractivity contribution in [2.24, 2.45) is 0 Å². The lowest BCUT2D eigenvalue weighted by Crippen LogP contribution is -2.46. The van der Waals surface area contributed by atoms with Crippen LogP contribution in [-0.2, 0) is 4.79 Å². The number of nitrogens with zero attached hydrogens (tertiary/aromatic N) is 2. The number of hydrogen-bond donors (Lipinski definition) is 2. The number of hydrogen-bond acceptors (Lipinski definition) is 5. The summed E-state index contributed by atoms with van der Waals surface area (Å²) in [5.74, 6) is 0.0602. The summed E-state index contributed by atoms with van der Waals surface area (Å²) in [5, 5.41) is 6.47. The SMILES string of the molecule is CSc1ccccc1NC(=O)CCN1CCNCC1c1cccnc1. The normalized spacial score (nSPS) is 18.0. The minimum atomic E-state index is 0.0602. The molecule has 3 rings (SSSR count). The first-order chi connectivity index (χ1) is 12.3.